The van der Waals surface area contributed by atoms with E-state index in [1.165, 1.54) is 12.1 Å². The molecule has 19 heavy (non-hydrogen) atoms. The number of hydrogen-bond acceptors (Lipinski definition) is 2. The minimum Gasteiger partial charge on any atom is -0.339 e. The number of benzene rings is 1. The molecule has 0 bridgehead atoms. The maximum Gasteiger partial charge on any atom is 0.254 e. The minimum absolute atomic E-state index is 0.0731. The van der Waals surface area contributed by atoms with Crippen LogP contribution in [0.5, 0.6) is 0 Å². The maximum atomic E-state index is 13.3. The summed E-state index contributed by atoms with van der Waals surface area (Å²) in [4.78, 5) is 14.2. The van der Waals surface area contributed by atoms with E-state index in [9.17, 15) is 9.18 Å². The second-order valence-corrected chi connectivity index (χ2v) is 5.77. The Balaban J connectivity index is 2.11. The standard InChI is InChI=1S/C15H21FN2O/c1-11-3-4-12(16)9-13(11)14(19)18-7-5-15(2,10-17)6-8-18/h3-4,9H,5-8,10,17H2,1-2H3. The fourth-order valence-corrected chi connectivity index (χ4v) is 2.45. The fourth-order valence-electron chi connectivity index (χ4n) is 2.45. The van der Waals surface area contributed by atoms with E-state index in [2.05, 4.69) is 6.92 Å². The zero-order chi connectivity index (χ0) is 14.0. The first-order chi connectivity index (χ1) is 8.95. The van der Waals surface area contributed by atoms with Gasteiger partial charge in [-0.2, -0.15) is 0 Å². The van der Waals surface area contributed by atoms with Crippen LogP contribution in [0.4, 0.5) is 4.39 Å². The molecule has 0 saturated carbocycles. The van der Waals surface area contributed by atoms with E-state index >= 15 is 0 Å². The van der Waals surface area contributed by atoms with Crippen LogP contribution in [0.2, 0.25) is 0 Å². The van der Waals surface area contributed by atoms with Crippen molar-refractivity contribution in [3.05, 3.63) is 35.1 Å². The molecule has 1 aliphatic rings. The molecular weight excluding hydrogens is 243 g/mol. The highest BCUT2D eigenvalue weighted by atomic mass is 19.1. The molecule has 0 radical (unpaired) electrons. The summed E-state index contributed by atoms with van der Waals surface area (Å²) >= 11 is 0. The summed E-state index contributed by atoms with van der Waals surface area (Å²) in [6.45, 7) is 6.03. The first-order valence-corrected chi connectivity index (χ1v) is 6.71. The zero-order valence-electron chi connectivity index (χ0n) is 11.6. The van der Waals surface area contributed by atoms with Gasteiger partial charge >= 0.3 is 0 Å². The Morgan fingerprint density at radius 2 is 2.05 bits per heavy atom. The Labute approximate surface area is 113 Å². The molecule has 0 atom stereocenters. The summed E-state index contributed by atoms with van der Waals surface area (Å²) in [5, 5.41) is 0. The Morgan fingerprint density at radius 3 is 2.63 bits per heavy atom. The van der Waals surface area contributed by atoms with Crippen molar-refractivity contribution in [2.24, 2.45) is 11.1 Å². The van der Waals surface area contributed by atoms with Crippen LogP contribution in [0.3, 0.4) is 0 Å². The van der Waals surface area contributed by atoms with Gasteiger partial charge in [0.25, 0.3) is 5.91 Å². The first-order valence-electron chi connectivity index (χ1n) is 6.71. The monoisotopic (exact) mass is 264 g/mol. The average molecular weight is 264 g/mol. The number of rotatable bonds is 2. The average Bonchev–Trinajstić information content (AvgIpc) is 2.42. The second kappa shape index (κ2) is 5.29. The Kier molecular flexibility index (Phi) is 3.90. The van der Waals surface area contributed by atoms with Crippen LogP contribution in [-0.2, 0) is 0 Å². The topological polar surface area (TPSA) is 46.3 Å². The van der Waals surface area contributed by atoms with Crippen LogP contribution in [0.25, 0.3) is 0 Å². The Bertz CT molecular complexity index is 479. The number of hydrogen-bond donors (Lipinski definition) is 1. The number of amides is 1. The van der Waals surface area contributed by atoms with E-state index in [0.29, 0.717) is 25.2 Å². The summed E-state index contributed by atoms with van der Waals surface area (Å²) in [6.07, 6.45) is 1.81. The molecule has 1 heterocycles. The number of piperidine rings is 1. The lowest BCUT2D eigenvalue weighted by molar-refractivity contribution is 0.0616. The molecule has 2 N–H and O–H groups in total. The van der Waals surface area contributed by atoms with Gasteiger partial charge in [-0.1, -0.05) is 13.0 Å². The van der Waals surface area contributed by atoms with Crippen molar-refractivity contribution in [2.45, 2.75) is 26.7 Å². The predicted molar refractivity (Wildman–Crippen MR) is 73.4 cm³/mol. The molecule has 0 unspecified atom stereocenters. The van der Waals surface area contributed by atoms with Crippen LogP contribution >= 0.6 is 0 Å². The third-order valence-corrected chi connectivity index (χ3v) is 4.18. The van der Waals surface area contributed by atoms with Gasteiger partial charge < -0.3 is 10.6 Å². The lowest BCUT2D eigenvalue weighted by Gasteiger charge is -2.38. The highest BCUT2D eigenvalue weighted by molar-refractivity contribution is 5.95. The SMILES string of the molecule is Cc1ccc(F)cc1C(=O)N1CCC(C)(CN)CC1. The largest absolute Gasteiger partial charge is 0.339 e. The van der Waals surface area contributed by atoms with E-state index in [-0.39, 0.29) is 17.1 Å². The quantitative estimate of drug-likeness (QED) is 0.891. The molecule has 1 amide bonds. The van der Waals surface area contributed by atoms with E-state index in [1.807, 2.05) is 6.92 Å². The van der Waals surface area contributed by atoms with Crippen LogP contribution in [0, 0.1) is 18.2 Å². The number of nitrogens with two attached hydrogens (primary N) is 1. The summed E-state index contributed by atoms with van der Waals surface area (Å²) in [5.41, 5.74) is 7.18. The normalized spacial score (nSPS) is 18.4. The molecule has 1 fully saturated rings. The highest BCUT2D eigenvalue weighted by Gasteiger charge is 2.31. The van der Waals surface area contributed by atoms with Gasteiger partial charge in [0.2, 0.25) is 0 Å². The Morgan fingerprint density at radius 1 is 1.42 bits per heavy atom. The summed E-state index contributed by atoms with van der Waals surface area (Å²) < 4.78 is 13.3. The number of carbonyl (C=O) groups excluding carboxylic acids is 1. The van der Waals surface area contributed by atoms with Gasteiger partial charge in [0.1, 0.15) is 5.82 Å². The molecule has 4 heteroatoms. The number of nitrogens with zero attached hydrogens (tertiary/aromatic N) is 1. The van der Waals surface area contributed by atoms with Crippen LogP contribution in [0.1, 0.15) is 35.7 Å². The van der Waals surface area contributed by atoms with E-state index < -0.39 is 0 Å². The van der Waals surface area contributed by atoms with Crippen molar-refractivity contribution in [3.8, 4) is 0 Å². The number of halogens is 1. The molecular formula is C15H21FN2O. The lowest BCUT2D eigenvalue weighted by atomic mass is 9.80. The molecule has 3 nitrogen and oxygen atoms in total. The van der Waals surface area contributed by atoms with E-state index in [4.69, 9.17) is 5.73 Å². The Hall–Kier alpha value is -1.42. The molecule has 1 aromatic carbocycles. The van der Waals surface area contributed by atoms with E-state index in [0.717, 1.165) is 18.4 Å². The number of aryl methyl sites for hydroxylation is 1. The predicted octanol–water partition coefficient (Wildman–Crippen LogP) is 2.34. The molecule has 0 aromatic heterocycles. The molecule has 1 saturated heterocycles. The van der Waals surface area contributed by atoms with Crippen LogP contribution in [-0.4, -0.2) is 30.4 Å². The van der Waals surface area contributed by atoms with Gasteiger partial charge in [-0.3, -0.25) is 4.79 Å². The molecule has 104 valence electrons. The third-order valence-electron chi connectivity index (χ3n) is 4.18. The van der Waals surface area contributed by atoms with Gasteiger partial charge in [-0.15, -0.1) is 0 Å². The van der Waals surface area contributed by atoms with Gasteiger partial charge in [0.15, 0.2) is 0 Å². The van der Waals surface area contributed by atoms with Crippen molar-refractivity contribution < 1.29 is 9.18 Å². The van der Waals surface area contributed by atoms with Crippen molar-refractivity contribution in [1.82, 2.24) is 4.90 Å². The highest BCUT2D eigenvalue weighted by Crippen LogP contribution is 2.30. The molecule has 0 aliphatic carbocycles. The summed E-state index contributed by atoms with van der Waals surface area (Å²) in [7, 11) is 0. The van der Waals surface area contributed by atoms with Crippen LogP contribution in [0.15, 0.2) is 18.2 Å². The zero-order valence-corrected chi connectivity index (χ0v) is 11.6. The summed E-state index contributed by atoms with van der Waals surface area (Å²) in [6, 6.07) is 4.36. The van der Waals surface area contributed by atoms with Gasteiger partial charge in [-0.05, 0) is 49.4 Å². The molecule has 1 aromatic rings. The first kappa shape index (κ1) is 14.0. The molecule has 0 spiro atoms. The number of likely N-dealkylation sites (tertiary alicyclic amines) is 1. The smallest absolute Gasteiger partial charge is 0.254 e. The maximum absolute atomic E-state index is 13.3. The fraction of sp³-hybridized carbons (Fsp3) is 0.533. The number of carbonyl (C=O) groups is 1. The molecule has 1 aliphatic heterocycles. The van der Waals surface area contributed by atoms with Gasteiger partial charge in [-0.25, -0.2) is 4.39 Å². The lowest BCUT2D eigenvalue weighted by Crippen LogP contribution is -2.44. The van der Waals surface area contributed by atoms with Crippen LogP contribution < -0.4 is 5.73 Å². The van der Waals surface area contributed by atoms with Crippen molar-refractivity contribution in [1.29, 1.82) is 0 Å². The second-order valence-electron chi connectivity index (χ2n) is 5.77. The minimum atomic E-state index is -0.363. The van der Waals surface area contributed by atoms with Crippen molar-refractivity contribution in [3.63, 3.8) is 0 Å². The molecule has 2 rings (SSSR count). The van der Waals surface area contributed by atoms with Gasteiger partial charge in [0, 0.05) is 18.7 Å². The van der Waals surface area contributed by atoms with Gasteiger partial charge in [0.05, 0.1) is 0 Å². The third kappa shape index (κ3) is 2.95. The van der Waals surface area contributed by atoms with Crippen molar-refractivity contribution in [2.75, 3.05) is 19.6 Å². The summed E-state index contributed by atoms with van der Waals surface area (Å²) in [5.74, 6) is -0.436. The van der Waals surface area contributed by atoms with E-state index in [1.54, 1.807) is 11.0 Å². The van der Waals surface area contributed by atoms with Crippen molar-refractivity contribution >= 4 is 5.91 Å².